The summed E-state index contributed by atoms with van der Waals surface area (Å²) < 4.78 is 6.80. The summed E-state index contributed by atoms with van der Waals surface area (Å²) in [5.74, 6) is 0.935. The third-order valence-corrected chi connectivity index (χ3v) is 10.3. The Morgan fingerprint density at radius 3 is 1.82 bits per heavy atom. The molecule has 10 rings (SSSR count). The number of fused-ring (bicyclic) bond motifs is 9. The first kappa shape index (κ1) is 28.8. The molecule has 8 aromatic carbocycles. The van der Waals surface area contributed by atoms with Gasteiger partial charge >= 0.3 is 0 Å². The zero-order chi connectivity index (χ0) is 33.2. The average molecular weight is 644 g/mol. The molecule has 1 aliphatic rings. The number of benzene rings is 8. The Hall–Kier alpha value is -6.23. The number of nitrogens with one attached hydrogen (secondary N) is 1. The number of furan rings is 1. The number of hydrogen-bond acceptors (Lipinski definition) is 4. The molecule has 2 unspecified atom stereocenters. The smallest absolute Gasteiger partial charge is 0.142 e. The standard InChI is InChI=1S/C46H33N3O/c1-49-45(29-14-4-2-5-15-29)47-44(48-46(49)30-16-6-3-7-17-30)39-27-26-32(42-38-22-12-13-23-41(38)50-43(39)42)31-24-25-37-35-20-9-8-18-33(35)34-19-10-11-21-36(34)40(37)28-31/h2-28,44-45,47H,1H3. The number of para-hydroxylation sites is 1. The van der Waals surface area contributed by atoms with Crippen molar-refractivity contribution in [1.29, 1.82) is 0 Å². The van der Waals surface area contributed by atoms with Gasteiger partial charge in [-0.15, -0.1) is 0 Å². The summed E-state index contributed by atoms with van der Waals surface area (Å²) in [7, 11) is 2.11. The van der Waals surface area contributed by atoms with E-state index in [-0.39, 0.29) is 12.3 Å². The monoisotopic (exact) mass is 643 g/mol. The van der Waals surface area contributed by atoms with E-state index in [1.807, 2.05) is 12.1 Å². The van der Waals surface area contributed by atoms with E-state index in [9.17, 15) is 0 Å². The molecule has 4 heteroatoms. The minimum atomic E-state index is -0.337. The summed E-state index contributed by atoms with van der Waals surface area (Å²) in [6.45, 7) is 0. The van der Waals surface area contributed by atoms with E-state index < -0.39 is 0 Å². The molecule has 0 fully saturated rings. The van der Waals surface area contributed by atoms with Crippen LogP contribution in [0.3, 0.4) is 0 Å². The predicted molar refractivity (Wildman–Crippen MR) is 207 cm³/mol. The summed E-state index contributed by atoms with van der Waals surface area (Å²) in [6.07, 6.45) is -0.424. The largest absolute Gasteiger partial charge is 0.456 e. The molecule has 2 heterocycles. The molecule has 0 aliphatic carbocycles. The molecule has 0 spiro atoms. The molecule has 0 bridgehead atoms. The van der Waals surface area contributed by atoms with Gasteiger partial charge in [-0.2, -0.15) is 0 Å². The van der Waals surface area contributed by atoms with Gasteiger partial charge in [0, 0.05) is 28.9 Å². The summed E-state index contributed by atoms with van der Waals surface area (Å²) in [6, 6.07) is 58.3. The zero-order valence-corrected chi connectivity index (χ0v) is 27.5. The summed E-state index contributed by atoms with van der Waals surface area (Å²) in [5, 5.41) is 13.7. The molecule has 9 aromatic rings. The van der Waals surface area contributed by atoms with Gasteiger partial charge < -0.3 is 9.32 Å². The Kier molecular flexibility index (Phi) is 6.58. The maximum Gasteiger partial charge on any atom is 0.142 e. The lowest BCUT2D eigenvalue weighted by Gasteiger charge is -2.39. The molecule has 4 nitrogen and oxygen atoms in total. The van der Waals surface area contributed by atoms with Crippen LogP contribution in [0.2, 0.25) is 0 Å². The van der Waals surface area contributed by atoms with Crippen molar-refractivity contribution < 1.29 is 4.42 Å². The van der Waals surface area contributed by atoms with Crippen LogP contribution in [0.4, 0.5) is 0 Å². The van der Waals surface area contributed by atoms with E-state index in [4.69, 9.17) is 9.41 Å². The lowest BCUT2D eigenvalue weighted by molar-refractivity contribution is 0.257. The number of aliphatic imine (C=N–C) groups is 1. The van der Waals surface area contributed by atoms with Crippen molar-refractivity contribution in [2.45, 2.75) is 12.3 Å². The van der Waals surface area contributed by atoms with E-state index in [0.29, 0.717) is 0 Å². The topological polar surface area (TPSA) is 40.8 Å². The van der Waals surface area contributed by atoms with Gasteiger partial charge in [0.25, 0.3) is 0 Å². The fourth-order valence-electron chi connectivity index (χ4n) is 7.99. The van der Waals surface area contributed by atoms with Crippen molar-refractivity contribution in [3.8, 4) is 11.1 Å². The van der Waals surface area contributed by atoms with Crippen molar-refractivity contribution in [2.75, 3.05) is 7.05 Å². The van der Waals surface area contributed by atoms with Crippen LogP contribution < -0.4 is 5.32 Å². The fraction of sp³-hybridized carbons (Fsp3) is 0.0652. The maximum absolute atomic E-state index is 6.80. The Morgan fingerprint density at radius 2 is 1.12 bits per heavy atom. The molecule has 1 aromatic heterocycles. The second-order valence-corrected chi connectivity index (χ2v) is 13.2. The van der Waals surface area contributed by atoms with Crippen LogP contribution in [-0.2, 0) is 0 Å². The SMILES string of the molecule is CN1C(c2ccccc2)=NC(c2ccc(-c3ccc4c5ccccc5c5ccccc5c4c3)c3c2oc2ccccc23)NC1c1ccccc1. The van der Waals surface area contributed by atoms with Crippen LogP contribution in [0, 0.1) is 0 Å². The highest BCUT2D eigenvalue weighted by Crippen LogP contribution is 2.44. The number of nitrogens with zero attached hydrogens (tertiary/aromatic N) is 2. The van der Waals surface area contributed by atoms with Crippen LogP contribution in [0.15, 0.2) is 173 Å². The lowest BCUT2D eigenvalue weighted by Crippen LogP contribution is -2.46. The highest BCUT2D eigenvalue weighted by atomic mass is 16.3. The van der Waals surface area contributed by atoms with Gasteiger partial charge in [-0.05, 0) is 61.1 Å². The Morgan fingerprint density at radius 1 is 0.540 bits per heavy atom. The summed E-state index contributed by atoms with van der Waals surface area (Å²) in [5.41, 5.74) is 7.30. The van der Waals surface area contributed by atoms with Crippen molar-refractivity contribution in [1.82, 2.24) is 10.2 Å². The van der Waals surface area contributed by atoms with E-state index in [1.165, 1.54) is 37.9 Å². The van der Waals surface area contributed by atoms with Crippen molar-refractivity contribution in [3.63, 3.8) is 0 Å². The van der Waals surface area contributed by atoms with Gasteiger partial charge in [0.1, 0.15) is 29.3 Å². The first-order valence-electron chi connectivity index (χ1n) is 17.2. The van der Waals surface area contributed by atoms with Crippen molar-refractivity contribution in [3.05, 3.63) is 180 Å². The molecule has 238 valence electrons. The highest BCUT2D eigenvalue weighted by molar-refractivity contribution is 6.26. The molecule has 1 N–H and O–H groups in total. The molecule has 0 saturated carbocycles. The number of rotatable bonds is 4. The normalized spacial score (nSPS) is 16.5. The summed E-state index contributed by atoms with van der Waals surface area (Å²) >= 11 is 0. The first-order chi connectivity index (χ1) is 24.7. The molecular formula is C46H33N3O. The number of hydrogen-bond donors (Lipinski definition) is 1. The highest BCUT2D eigenvalue weighted by Gasteiger charge is 2.32. The van der Waals surface area contributed by atoms with Crippen molar-refractivity contribution >= 4 is 60.1 Å². The minimum Gasteiger partial charge on any atom is -0.456 e. The average Bonchev–Trinajstić information content (AvgIpc) is 3.58. The summed E-state index contributed by atoms with van der Waals surface area (Å²) in [4.78, 5) is 7.61. The Bertz CT molecular complexity index is 2730. The van der Waals surface area contributed by atoms with Crippen LogP contribution in [-0.4, -0.2) is 17.8 Å². The second kappa shape index (κ2) is 11.4. The minimum absolute atomic E-state index is 0.0865. The van der Waals surface area contributed by atoms with Gasteiger partial charge in [0.05, 0.1) is 0 Å². The fourth-order valence-corrected chi connectivity index (χ4v) is 7.99. The molecule has 1 aliphatic heterocycles. The number of amidine groups is 1. The third kappa shape index (κ3) is 4.46. The van der Waals surface area contributed by atoms with Gasteiger partial charge in [-0.3, -0.25) is 5.32 Å². The van der Waals surface area contributed by atoms with Crippen LogP contribution in [0.1, 0.15) is 29.0 Å². The molecule has 50 heavy (non-hydrogen) atoms. The Labute approximate surface area is 289 Å². The van der Waals surface area contributed by atoms with Crippen LogP contribution in [0.25, 0.3) is 65.4 Å². The third-order valence-electron chi connectivity index (χ3n) is 10.3. The first-order valence-corrected chi connectivity index (χ1v) is 17.2. The van der Waals surface area contributed by atoms with Crippen molar-refractivity contribution in [2.24, 2.45) is 4.99 Å². The van der Waals surface area contributed by atoms with E-state index in [2.05, 4.69) is 169 Å². The maximum atomic E-state index is 6.80. The molecule has 2 atom stereocenters. The molecular weight excluding hydrogens is 611 g/mol. The van der Waals surface area contributed by atoms with E-state index in [1.54, 1.807) is 0 Å². The molecule has 0 amide bonds. The quantitative estimate of drug-likeness (QED) is 0.194. The zero-order valence-electron chi connectivity index (χ0n) is 27.5. The lowest BCUT2D eigenvalue weighted by atomic mass is 9.90. The van der Waals surface area contributed by atoms with E-state index in [0.717, 1.165) is 50.0 Å². The van der Waals surface area contributed by atoms with Gasteiger partial charge in [-0.25, -0.2) is 4.99 Å². The van der Waals surface area contributed by atoms with Crippen LogP contribution >= 0.6 is 0 Å². The van der Waals surface area contributed by atoms with Gasteiger partial charge in [0.15, 0.2) is 0 Å². The van der Waals surface area contributed by atoms with Crippen LogP contribution in [0.5, 0.6) is 0 Å². The van der Waals surface area contributed by atoms with Gasteiger partial charge in [0.2, 0.25) is 0 Å². The van der Waals surface area contributed by atoms with E-state index >= 15 is 0 Å². The molecule has 0 saturated heterocycles. The second-order valence-electron chi connectivity index (χ2n) is 13.2. The Balaban J connectivity index is 1.20. The predicted octanol–water partition coefficient (Wildman–Crippen LogP) is 11.4. The molecule has 0 radical (unpaired) electrons. The van der Waals surface area contributed by atoms with Gasteiger partial charge in [-0.1, -0.05) is 152 Å².